The molecule has 3 aromatic rings. The Bertz CT molecular complexity index is 667. The van der Waals surface area contributed by atoms with Crippen LogP contribution in [-0.4, -0.2) is 19.3 Å². The number of nitrogens with zero attached hydrogens (tertiary/aromatic N) is 4. The number of rotatable bonds is 5. The maximum absolute atomic E-state index is 4.47. The second kappa shape index (κ2) is 5.60. The summed E-state index contributed by atoms with van der Waals surface area (Å²) in [6.07, 6.45) is 5.76. The van der Waals surface area contributed by atoms with E-state index in [1.807, 2.05) is 43.4 Å². The van der Waals surface area contributed by atoms with Crippen LogP contribution in [0.4, 0.5) is 0 Å². The van der Waals surface area contributed by atoms with Crippen LogP contribution in [0.25, 0.3) is 0 Å². The molecule has 0 spiro atoms. The van der Waals surface area contributed by atoms with E-state index in [0.717, 1.165) is 18.1 Å². The standard InChI is InChI=1S/C14H17N5S/c1-18-8-6-15-14(18)13(12-4-3-9-20-12)16-10-11-5-7-19(2)17-11/h3-9,13,16H,10H2,1-2H3. The van der Waals surface area contributed by atoms with Crippen molar-refractivity contribution in [1.29, 1.82) is 0 Å². The number of aromatic nitrogens is 4. The topological polar surface area (TPSA) is 47.7 Å². The van der Waals surface area contributed by atoms with Crippen molar-refractivity contribution in [3.63, 3.8) is 0 Å². The van der Waals surface area contributed by atoms with Gasteiger partial charge < -0.3 is 4.57 Å². The molecule has 5 nitrogen and oxygen atoms in total. The third-order valence-electron chi connectivity index (χ3n) is 3.20. The summed E-state index contributed by atoms with van der Waals surface area (Å²) >= 11 is 1.74. The van der Waals surface area contributed by atoms with Gasteiger partial charge in [0.15, 0.2) is 0 Å². The van der Waals surface area contributed by atoms with E-state index in [4.69, 9.17) is 0 Å². The number of thiophene rings is 1. The number of nitrogens with one attached hydrogen (secondary N) is 1. The van der Waals surface area contributed by atoms with Gasteiger partial charge in [-0.2, -0.15) is 5.10 Å². The summed E-state index contributed by atoms with van der Waals surface area (Å²) in [4.78, 5) is 5.73. The maximum Gasteiger partial charge on any atom is 0.131 e. The molecule has 0 radical (unpaired) electrons. The van der Waals surface area contributed by atoms with Crippen molar-refractivity contribution >= 4 is 11.3 Å². The molecule has 3 rings (SSSR count). The average molecular weight is 287 g/mol. The van der Waals surface area contributed by atoms with Crippen molar-refractivity contribution in [2.75, 3.05) is 0 Å². The van der Waals surface area contributed by atoms with E-state index >= 15 is 0 Å². The number of imidazole rings is 1. The van der Waals surface area contributed by atoms with Gasteiger partial charge >= 0.3 is 0 Å². The smallest absolute Gasteiger partial charge is 0.131 e. The van der Waals surface area contributed by atoms with Crippen molar-refractivity contribution in [3.8, 4) is 0 Å². The van der Waals surface area contributed by atoms with E-state index < -0.39 is 0 Å². The lowest BCUT2D eigenvalue weighted by molar-refractivity contribution is 0.554. The molecule has 20 heavy (non-hydrogen) atoms. The van der Waals surface area contributed by atoms with Crippen LogP contribution in [0.5, 0.6) is 0 Å². The Morgan fingerprint density at radius 2 is 2.20 bits per heavy atom. The Hall–Kier alpha value is -1.92. The maximum atomic E-state index is 4.47. The van der Waals surface area contributed by atoms with Crippen LogP contribution in [0.2, 0.25) is 0 Å². The van der Waals surface area contributed by atoms with Crippen molar-refractivity contribution in [1.82, 2.24) is 24.6 Å². The zero-order valence-electron chi connectivity index (χ0n) is 11.5. The average Bonchev–Trinajstić information content (AvgIpc) is 3.14. The highest BCUT2D eigenvalue weighted by Crippen LogP contribution is 2.24. The molecule has 0 fully saturated rings. The minimum atomic E-state index is 0.0945. The zero-order valence-corrected chi connectivity index (χ0v) is 12.3. The lowest BCUT2D eigenvalue weighted by Crippen LogP contribution is -2.24. The third-order valence-corrected chi connectivity index (χ3v) is 4.14. The molecule has 0 aliphatic carbocycles. The fourth-order valence-electron chi connectivity index (χ4n) is 2.19. The normalized spacial score (nSPS) is 12.7. The van der Waals surface area contributed by atoms with E-state index in [2.05, 4.69) is 37.5 Å². The quantitative estimate of drug-likeness (QED) is 0.781. The van der Waals surface area contributed by atoms with Crippen LogP contribution < -0.4 is 5.32 Å². The first-order valence-electron chi connectivity index (χ1n) is 6.46. The molecule has 3 heterocycles. The van der Waals surface area contributed by atoms with Gasteiger partial charge in [-0.05, 0) is 17.5 Å². The number of aryl methyl sites for hydroxylation is 2. The van der Waals surface area contributed by atoms with Crippen molar-refractivity contribution in [2.24, 2.45) is 14.1 Å². The Morgan fingerprint density at radius 1 is 1.30 bits per heavy atom. The van der Waals surface area contributed by atoms with Gasteiger partial charge in [-0.3, -0.25) is 10.00 Å². The lowest BCUT2D eigenvalue weighted by Gasteiger charge is -2.16. The molecular weight excluding hydrogens is 270 g/mol. The van der Waals surface area contributed by atoms with Gasteiger partial charge in [0.05, 0.1) is 5.69 Å². The molecule has 0 aliphatic heterocycles. The first kappa shape index (κ1) is 13.1. The third kappa shape index (κ3) is 2.66. The van der Waals surface area contributed by atoms with Crippen molar-refractivity contribution in [2.45, 2.75) is 12.6 Å². The number of hydrogen-bond donors (Lipinski definition) is 1. The summed E-state index contributed by atoms with van der Waals surface area (Å²) in [6.45, 7) is 0.719. The Morgan fingerprint density at radius 3 is 2.80 bits per heavy atom. The molecule has 3 aromatic heterocycles. The molecule has 0 aliphatic rings. The highest BCUT2D eigenvalue weighted by Gasteiger charge is 2.19. The summed E-state index contributed by atoms with van der Waals surface area (Å²) in [7, 11) is 3.95. The van der Waals surface area contributed by atoms with E-state index in [1.165, 1.54) is 4.88 Å². The molecule has 6 heteroatoms. The molecule has 0 amide bonds. The van der Waals surface area contributed by atoms with Crippen LogP contribution in [0, 0.1) is 0 Å². The van der Waals surface area contributed by atoms with E-state index in [-0.39, 0.29) is 6.04 Å². The molecular formula is C14H17N5S. The minimum Gasteiger partial charge on any atom is -0.336 e. The first-order valence-corrected chi connectivity index (χ1v) is 7.34. The Balaban J connectivity index is 1.81. The largest absolute Gasteiger partial charge is 0.336 e. The van der Waals surface area contributed by atoms with Crippen LogP contribution >= 0.6 is 11.3 Å². The molecule has 0 saturated heterocycles. The second-order valence-corrected chi connectivity index (χ2v) is 5.69. The highest BCUT2D eigenvalue weighted by molar-refractivity contribution is 7.10. The monoisotopic (exact) mass is 287 g/mol. The summed E-state index contributed by atoms with van der Waals surface area (Å²) in [5.74, 6) is 1.02. The molecule has 1 N–H and O–H groups in total. The number of hydrogen-bond acceptors (Lipinski definition) is 4. The molecule has 104 valence electrons. The van der Waals surface area contributed by atoms with Gasteiger partial charge in [-0.1, -0.05) is 6.07 Å². The zero-order chi connectivity index (χ0) is 13.9. The highest BCUT2D eigenvalue weighted by atomic mass is 32.1. The first-order chi connectivity index (χ1) is 9.74. The molecule has 1 atom stereocenters. The Kier molecular flexibility index (Phi) is 3.66. The fourth-order valence-corrected chi connectivity index (χ4v) is 2.99. The van der Waals surface area contributed by atoms with Gasteiger partial charge in [0.25, 0.3) is 0 Å². The van der Waals surface area contributed by atoms with Gasteiger partial charge in [0.2, 0.25) is 0 Å². The summed E-state index contributed by atoms with van der Waals surface area (Å²) in [6, 6.07) is 6.32. The van der Waals surface area contributed by atoms with Crippen molar-refractivity contribution in [3.05, 3.63) is 58.6 Å². The molecule has 1 unspecified atom stereocenters. The predicted octanol–water partition coefficient (Wildman–Crippen LogP) is 2.09. The van der Waals surface area contributed by atoms with Gasteiger partial charge in [0, 0.05) is 44.1 Å². The second-order valence-electron chi connectivity index (χ2n) is 4.71. The van der Waals surface area contributed by atoms with Crippen LogP contribution in [-0.2, 0) is 20.6 Å². The fraction of sp³-hybridized carbons (Fsp3) is 0.286. The van der Waals surface area contributed by atoms with E-state index in [9.17, 15) is 0 Å². The van der Waals surface area contributed by atoms with Crippen LogP contribution in [0.3, 0.4) is 0 Å². The lowest BCUT2D eigenvalue weighted by atomic mass is 10.2. The molecule has 0 aromatic carbocycles. The molecule has 0 bridgehead atoms. The molecule has 0 saturated carbocycles. The van der Waals surface area contributed by atoms with Gasteiger partial charge in [0.1, 0.15) is 11.9 Å². The van der Waals surface area contributed by atoms with E-state index in [0.29, 0.717) is 0 Å². The van der Waals surface area contributed by atoms with Gasteiger partial charge in [-0.25, -0.2) is 4.98 Å². The van der Waals surface area contributed by atoms with Gasteiger partial charge in [-0.15, -0.1) is 11.3 Å². The summed E-state index contributed by atoms with van der Waals surface area (Å²) in [5.41, 5.74) is 1.03. The Labute approximate surface area is 121 Å². The van der Waals surface area contributed by atoms with Crippen LogP contribution in [0.1, 0.15) is 22.4 Å². The van der Waals surface area contributed by atoms with Crippen LogP contribution in [0.15, 0.2) is 42.2 Å². The van der Waals surface area contributed by atoms with Crippen molar-refractivity contribution < 1.29 is 0 Å². The predicted molar refractivity (Wildman–Crippen MR) is 79.4 cm³/mol. The van der Waals surface area contributed by atoms with E-state index in [1.54, 1.807) is 11.3 Å². The summed E-state index contributed by atoms with van der Waals surface area (Å²) in [5, 5.41) is 10.0. The SMILES string of the molecule is Cn1ccc(CNC(c2cccs2)c2nccn2C)n1. The summed E-state index contributed by atoms with van der Waals surface area (Å²) < 4.78 is 3.87. The minimum absolute atomic E-state index is 0.0945.